The van der Waals surface area contributed by atoms with E-state index in [1.54, 1.807) is 5.57 Å². The van der Waals surface area contributed by atoms with E-state index in [1.807, 2.05) is 11.8 Å². The molecule has 4 aliphatic carbocycles. The van der Waals surface area contributed by atoms with E-state index in [4.69, 9.17) is 4.74 Å². The highest BCUT2D eigenvalue weighted by Gasteiger charge is 2.59. The van der Waals surface area contributed by atoms with Crippen molar-refractivity contribution in [1.82, 2.24) is 21.3 Å². The minimum Gasteiger partial charge on any atom is -0.369 e. The third-order valence-corrected chi connectivity index (χ3v) is 12.7. The highest BCUT2D eigenvalue weighted by atomic mass is 16.5. The van der Waals surface area contributed by atoms with E-state index in [-0.39, 0.29) is 5.60 Å². The maximum atomic E-state index is 7.09. The minimum atomic E-state index is 0.0404. The smallest absolute Gasteiger partial charge is 0.0765 e. The molecule has 5 fully saturated rings. The summed E-state index contributed by atoms with van der Waals surface area (Å²) in [7, 11) is 0. The van der Waals surface area contributed by atoms with Gasteiger partial charge in [0.05, 0.1) is 11.7 Å². The van der Waals surface area contributed by atoms with Crippen molar-refractivity contribution in [2.24, 2.45) is 40.9 Å². The maximum Gasteiger partial charge on any atom is 0.0765 e. The predicted molar refractivity (Wildman–Crippen MR) is 144 cm³/mol. The first-order valence-electron chi connectivity index (χ1n) is 15.1. The molecule has 5 heteroatoms. The molecule has 11 atom stereocenters. The van der Waals surface area contributed by atoms with Gasteiger partial charge in [0.2, 0.25) is 0 Å². The Hall–Kier alpha value is -1.30. The molecule has 3 aliphatic heterocycles. The van der Waals surface area contributed by atoms with Gasteiger partial charge in [0.25, 0.3) is 0 Å². The van der Waals surface area contributed by atoms with E-state index in [1.165, 1.54) is 51.4 Å². The minimum absolute atomic E-state index is 0.0404. The van der Waals surface area contributed by atoms with Crippen LogP contribution in [0.15, 0.2) is 36.2 Å². The fraction of sp³-hybridized carbons (Fsp3) is 0.806. The molecular weight excluding hydrogens is 444 g/mol. The van der Waals surface area contributed by atoms with Crippen molar-refractivity contribution in [3.63, 3.8) is 0 Å². The molecule has 3 heterocycles. The van der Waals surface area contributed by atoms with Crippen LogP contribution in [0.25, 0.3) is 0 Å². The summed E-state index contributed by atoms with van der Waals surface area (Å²) in [5.74, 6) is 4.61. The highest BCUT2D eigenvalue weighted by Crippen LogP contribution is 2.65. The van der Waals surface area contributed by atoms with Gasteiger partial charge in [-0.2, -0.15) is 0 Å². The molecule has 7 rings (SSSR count). The normalized spacial score (nSPS) is 51.9. The Bertz CT molecular complexity index is 960. The van der Waals surface area contributed by atoms with Crippen LogP contribution in [0.2, 0.25) is 0 Å². The average molecular weight is 493 g/mol. The van der Waals surface area contributed by atoms with Crippen LogP contribution in [-0.2, 0) is 4.74 Å². The summed E-state index contributed by atoms with van der Waals surface area (Å²) in [5.41, 5.74) is 10.6. The molecule has 1 unspecified atom stereocenters. The molecule has 7 aliphatic rings. The largest absolute Gasteiger partial charge is 0.369 e. The van der Waals surface area contributed by atoms with Gasteiger partial charge < -0.3 is 15.5 Å². The molecule has 2 saturated heterocycles. The summed E-state index contributed by atoms with van der Waals surface area (Å²) in [6.07, 6.45) is 19.9. The lowest BCUT2D eigenvalue weighted by atomic mass is 9.52. The molecular formula is C31H48N4O. The molecule has 0 aromatic heterocycles. The maximum absolute atomic E-state index is 7.09. The molecule has 3 saturated carbocycles. The van der Waals surface area contributed by atoms with Crippen LogP contribution in [-0.4, -0.2) is 35.3 Å². The third-order valence-electron chi connectivity index (χ3n) is 12.7. The van der Waals surface area contributed by atoms with E-state index < -0.39 is 0 Å². The second-order valence-corrected chi connectivity index (χ2v) is 14.0. The molecule has 1 spiro atoms. The van der Waals surface area contributed by atoms with Gasteiger partial charge in [-0.1, -0.05) is 31.1 Å². The first-order valence-corrected chi connectivity index (χ1v) is 15.1. The Kier molecular flexibility index (Phi) is 5.69. The molecule has 198 valence electrons. The average Bonchev–Trinajstić information content (AvgIpc) is 3.58. The van der Waals surface area contributed by atoms with E-state index in [0.29, 0.717) is 35.4 Å². The first-order chi connectivity index (χ1) is 17.4. The van der Waals surface area contributed by atoms with E-state index in [9.17, 15) is 0 Å². The second kappa shape index (κ2) is 8.61. The van der Waals surface area contributed by atoms with Gasteiger partial charge in [0.1, 0.15) is 0 Å². The lowest BCUT2D eigenvalue weighted by Gasteiger charge is -2.55. The summed E-state index contributed by atoms with van der Waals surface area (Å²) in [6.45, 7) is 12.8. The van der Waals surface area contributed by atoms with Crippen LogP contribution >= 0.6 is 0 Å². The molecule has 5 nitrogen and oxygen atoms in total. The van der Waals surface area contributed by atoms with E-state index in [2.05, 4.69) is 60.9 Å². The lowest BCUT2D eigenvalue weighted by Crippen LogP contribution is -2.52. The number of fused-ring (bicyclic) bond motifs is 6. The van der Waals surface area contributed by atoms with Crippen molar-refractivity contribution < 1.29 is 4.74 Å². The predicted octanol–water partition coefficient (Wildman–Crippen LogP) is 5.44. The zero-order chi connectivity index (χ0) is 24.7. The molecule has 0 bridgehead atoms. The number of hydrogen-bond acceptors (Lipinski definition) is 5. The SMILES string of the molecule is C=C[C@@H]1CN[C@@H]2C(C1)O[C@]1(CC[C@@H]3C(=C(C)C1)C[C@H]1[C@H]3CC[C@@H]3C[C@@H](N4C=CNN4)CC[C@@]31C)[C@@H]2C. The first kappa shape index (κ1) is 23.8. The van der Waals surface area contributed by atoms with Crippen LogP contribution in [0.1, 0.15) is 85.0 Å². The number of piperidine rings is 1. The number of allylic oxidation sites excluding steroid dienone is 1. The van der Waals surface area contributed by atoms with Gasteiger partial charge >= 0.3 is 0 Å². The van der Waals surface area contributed by atoms with Crippen LogP contribution in [0, 0.1) is 40.9 Å². The van der Waals surface area contributed by atoms with Crippen molar-refractivity contribution in [3.05, 3.63) is 36.2 Å². The van der Waals surface area contributed by atoms with Crippen LogP contribution in [0.3, 0.4) is 0 Å². The molecule has 36 heavy (non-hydrogen) atoms. The topological polar surface area (TPSA) is 48.6 Å². The summed E-state index contributed by atoms with van der Waals surface area (Å²) < 4.78 is 7.09. The Morgan fingerprint density at radius 2 is 2.06 bits per heavy atom. The lowest BCUT2D eigenvalue weighted by molar-refractivity contribution is -0.0757. The van der Waals surface area contributed by atoms with Crippen molar-refractivity contribution in [3.8, 4) is 0 Å². The summed E-state index contributed by atoms with van der Waals surface area (Å²) in [4.78, 5) is 0. The number of hydrazine groups is 2. The zero-order valence-corrected chi connectivity index (χ0v) is 22.8. The second-order valence-electron chi connectivity index (χ2n) is 14.0. The van der Waals surface area contributed by atoms with Crippen molar-refractivity contribution >= 4 is 0 Å². The fourth-order valence-electron chi connectivity index (χ4n) is 10.6. The van der Waals surface area contributed by atoms with Crippen molar-refractivity contribution in [2.45, 2.75) is 109 Å². The molecule has 3 N–H and O–H groups in total. The van der Waals surface area contributed by atoms with Gasteiger partial charge in [0, 0.05) is 36.9 Å². The van der Waals surface area contributed by atoms with Gasteiger partial charge in [-0.3, -0.25) is 5.01 Å². The van der Waals surface area contributed by atoms with Gasteiger partial charge in [-0.05, 0) is 106 Å². The Labute approximate surface area is 218 Å². The number of ether oxygens (including phenoxy) is 1. The number of nitrogens with one attached hydrogen (secondary N) is 3. The molecule has 0 amide bonds. The fourth-order valence-corrected chi connectivity index (χ4v) is 10.6. The third kappa shape index (κ3) is 3.44. The summed E-state index contributed by atoms with van der Waals surface area (Å²) in [5, 5.41) is 6.19. The monoisotopic (exact) mass is 492 g/mol. The summed E-state index contributed by atoms with van der Waals surface area (Å²) >= 11 is 0. The van der Waals surface area contributed by atoms with Gasteiger partial charge in [0.15, 0.2) is 0 Å². The standard InChI is InChI=1S/C31H48N4O/c1-5-21-14-28-29(32-18-21)20(3)31(36-28)11-9-24-25-7-6-22-15-23(35-13-12-33-34-35)8-10-30(22,4)27(25)16-26(24)19(2)17-31/h5,12-13,20-25,27-29,32-34H,1,6-11,14-18H2,2-4H3/t20-,21+,22-,23+,24+,25+,27+,28?,29+,30+,31+/m1/s1. The Balaban J connectivity index is 1.11. The molecule has 0 aromatic carbocycles. The van der Waals surface area contributed by atoms with Gasteiger partial charge in [-0.25, -0.2) is 0 Å². The van der Waals surface area contributed by atoms with Crippen LogP contribution in [0.5, 0.6) is 0 Å². The Morgan fingerprint density at radius 1 is 1.17 bits per heavy atom. The number of rotatable bonds is 2. The molecule has 0 radical (unpaired) electrons. The van der Waals surface area contributed by atoms with Crippen LogP contribution in [0.4, 0.5) is 0 Å². The van der Waals surface area contributed by atoms with Crippen LogP contribution < -0.4 is 16.3 Å². The molecule has 0 aromatic rings. The van der Waals surface area contributed by atoms with Crippen molar-refractivity contribution in [1.29, 1.82) is 0 Å². The number of hydrogen-bond donors (Lipinski definition) is 3. The highest BCUT2D eigenvalue weighted by molar-refractivity contribution is 5.29. The summed E-state index contributed by atoms with van der Waals surface area (Å²) in [6, 6.07) is 1.15. The van der Waals surface area contributed by atoms with Crippen molar-refractivity contribution in [2.75, 3.05) is 6.54 Å². The van der Waals surface area contributed by atoms with E-state index in [0.717, 1.165) is 43.1 Å². The zero-order valence-electron chi connectivity index (χ0n) is 22.8. The Morgan fingerprint density at radius 3 is 2.86 bits per heavy atom. The quantitative estimate of drug-likeness (QED) is 0.448. The van der Waals surface area contributed by atoms with E-state index >= 15 is 0 Å². The number of nitrogens with zero attached hydrogens (tertiary/aromatic N) is 1. The van der Waals surface area contributed by atoms with Gasteiger partial charge in [-0.15, -0.1) is 12.1 Å².